The van der Waals surface area contributed by atoms with E-state index in [0.29, 0.717) is 0 Å². The molecule has 1 atom stereocenters. The maximum absolute atomic E-state index is 11.4. The van der Waals surface area contributed by atoms with E-state index in [0.717, 1.165) is 25.9 Å². The van der Waals surface area contributed by atoms with Gasteiger partial charge in [-0.3, -0.25) is 9.69 Å². The molecule has 0 amide bonds. The Hall–Kier alpha value is -0.830. The molecule has 1 saturated heterocycles. The number of nitrogens with zero attached hydrogens (tertiary/aromatic N) is 1. The zero-order chi connectivity index (χ0) is 9.68. The van der Waals surface area contributed by atoms with Gasteiger partial charge in [0.15, 0.2) is 0 Å². The van der Waals surface area contributed by atoms with Crippen LogP contribution in [0, 0.1) is 0 Å². The van der Waals surface area contributed by atoms with E-state index < -0.39 is 0 Å². The van der Waals surface area contributed by atoms with Crippen LogP contribution in [-0.2, 0) is 9.53 Å². The summed E-state index contributed by atoms with van der Waals surface area (Å²) in [4.78, 5) is 13.5. The number of likely N-dealkylation sites (tertiary alicyclic amines) is 1. The Bertz CT molecular complexity index is 191. The van der Waals surface area contributed by atoms with Crippen LogP contribution < -0.4 is 0 Å². The van der Waals surface area contributed by atoms with Gasteiger partial charge in [0, 0.05) is 6.54 Å². The van der Waals surface area contributed by atoms with Crippen molar-refractivity contribution in [3.8, 4) is 0 Å². The summed E-state index contributed by atoms with van der Waals surface area (Å²) in [6.07, 6.45) is 5.04. The maximum Gasteiger partial charge on any atom is 0.323 e. The number of ether oxygens (including phenoxy) is 1. The topological polar surface area (TPSA) is 29.5 Å². The minimum atomic E-state index is -0.110. The normalized spacial score (nSPS) is 23.9. The summed E-state index contributed by atoms with van der Waals surface area (Å²) in [6.45, 7) is 5.44. The highest BCUT2D eigenvalue weighted by Crippen LogP contribution is 2.17. The van der Waals surface area contributed by atoms with Gasteiger partial charge >= 0.3 is 5.97 Å². The lowest BCUT2D eigenvalue weighted by Gasteiger charge is -2.32. The van der Waals surface area contributed by atoms with Crippen molar-refractivity contribution in [2.75, 3.05) is 20.2 Å². The Morgan fingerprint density at radius 3 is 3.08 bits per heavy atom. The summed E-state index contributed by atoms with van der Waals surface area (Å²) in [5.41, 5.74) is 0. The Balaban J connectivity index is 2.55. The first-order chi connectivity index (χ1) is 6.29. The second kappa shape index (κ2) is 5.02. The summed E-state index contributed by atoms with van der Waals surface area (Å²) >= 11 is 0. The highest BCUT2D eigenvalue weighted by atomic mass is 16.5. The minimum Gasteiger partial charge on any atom is -0.468 e. The van der Waals surface area contributed by atoms with E-state index in [1.54, 1.807) is 0 Å². The largest absolute Gasteiger partial charge is 0.468 e. The molecule has 3 heteroatoms. The molecule has 0 aromatic rings. The van der Waals surface area contributed by atoms with Crippen molar-refractivity contribution >= 4 is 5.97 Å². The van der Waals surface area contributed by atoms with Gasteiger partial charge in [0.05, 0.1) is 7.11 Å². The fraction of sp³-hybridized carbons (Fsp3) is 0.700. The van der Waals surface area contributed by atoms with Crippen LogP contribution in [-0.4, -0.2) is 37.1 Å². The van der Waals surface area contributed by atoms with E-state index in [1.807, 2.05) is 6.08 Å². The van der Waals surface area contributed by atoms with Crippen LogP contribution in [0.25, 0.3) is 0 Å². The van der Waals surface area contributed by atoms with Crippen LogP contribution >= 0.6 is 0 Å². The quantitative estimate of drug-likeness (QED) is 0.486. The van der Waals surface area contributed by atoms with Gasteiger partial charge in [-0.25, -0.2) is 0 Å². The molecule has 0 spiro atoms. The first kappa shape index (κ1) is 10.3. The zero-order valence-corrected chi connectivity index (χ0v) is 8.16. The van der Waals surface area contributed by atoms with Gasteiger partial charge < -0.3 is 4.74 Å². The van der Waals surface area contributed by atoms with Crippen molar-refractivity contribution in [3.05, 3.63) is 12.7 Å². The van der Waals surface area contributed by atoms with Gasteiger partial charge in [-0.2, -0.15) is 0 Å². The molecule has 1 fully saturated rings. The average Bonchev–Trinajstić information content (AvgIpc) is 2.18. The van der Waals surface area contributed by atoms with Gasteiger partial charge in [0.25, 0.3) is 0 Å². The number of methoxy groups -OCH3 is 1. The van der Waals surface area contributed by atoms with E-state index in [-0.39, 0.29) is 12.0 Å². The average molecular weight is 183 g/mol. The van der Waals surface area contributed by atoms with Crippen LogP contribution in [0.15, 0.2) is 12.7 Å². The predicted molar refractivity (Wildman–Crippen MR) is 51.4 cm³/mol. The van der Waals surface area contributed by atoms with Crippen LogP contribution in [0.2, 0.25) is 0 Å². The number of esters is 1. The SMILES string of the molecule is C=CCN1CCCCC1C(=O)OC. The maximum atomic E-state index is 11.4. The van der Waals surface area contributed by atoms with E-state index in [9.17, 15) is 4.79 Å². The fourth-order valence-corrected chi connectivity index (χ4v) is 1.78. The van der Waals surface area contributed by atoms with Gasteiger partial charge in [0.2, 0.25) is 0 Å². The van der Waals surface area contributed by atoms with E-state index in [1.165, 1.54) is 13.5 Å². The van der Waals surface area contributed by atoms with Gasteiger partial charge in [-0.05, 0) is 19.4 Å². The molecule has 13 heavy (non-hydrogen) atoms. The summed E-state index contributed by atoms with van der Waals surface area (Å²) in [5, 5.41) is 0. The lowest BCUT2D eigenvalue weighted by Crippen LogP contribution is -2.45. The summed E-state index contributed by atoms with van der Waals surface area (Å²) in [5.74, 6) is -0.110. The molecule has 1 heterocycles. The molecule has 74 valence electrons. The molecule has 1 aliphatic heterocycles. The predicted octanol–water partition coefficient (Wildman–Crippen LogP) is 1.20. The van der Waals surface area contributed by atoms with Gasteiger partial charge in [0.1, 0.15) is 6.04 Å². The standard InChI is InChI=1S/C10H17NO2/c1-3-7-11-8-5-4-6-9(11)10(12)13-2/h3,9H,1,4-8H2,2H3. The van der Waals surface area contributed by atoms with Crippen molar-refractivity contribution in [1.82, 2.24) is 4.90 Å². The van der Waals surface area contributed by atoms with Crippen LogP contribution in [0.5, 0.6) is 0 Å². The lowest BCUT2D eigenvalue weighted by molar-refractivity contribution is -0.148. The van der Waals surface area contributed by atoms with Crippen LogP contribution in [0.3, 0.4) is 0 Å². The molecule has 0 aromatic heterocycles. The van der Waals surface area contributed by atoms with Crippen LogP contribution in [0.1, 0.15) is 19.3 Å². The number of hydrogen-bond donors (Lipinski definition) is 0. The Morgan fingerprint density at radius 1 is 1.69 bits per heavy atom. The molecule has 1 aliphatic rings. The molecular weight excluding hydrogens is 166 g/mol. The Labute approximate surface area is 79.4 Å². The van der Waals surface area contributed by atoms with Crippen molar-refractivity contribution < 1.29 is 9.53 Å². The minimum absolute atomic E-state index is 0.0447. The summed E-state index contributed by atoms with van der Waals surface area (Å²) in [7, 11) is 1.45. The fourth-order valence-electron chi connectivity index (χ4n) is 1.78. The lowest BCUT2D eigenvalue weighted by atomic mass is 10.0. The molecule has 0 aliphatic carbocycles. The molecule has 0 aromatic carbocycles. The zero-order valence-electron chi connectivity index (χ0n) is 8.16. The van der Waals surface area contributed by atoms with Crippen molar-refractivity contribution in [3.63, 3.8) is 0 Å². The van der Waals surface area contributed by atoms with Crippen molar-refractivity contribution in [2.45, 2.75) is 25.3 Å². The molecule has 0 radical (unpaired) electrons. The highest BCUT2D eigenvalue weighted by molar-refractivity contribution is 5.75. The molecule has 0 saturated carbocycles. The van der Waals surface area contributed by atoms with E-state index >= 15 is 0 Å². The van der Waals surface area contributed by atoms with E-state index in [2.05, 4.69) is 11.5 Å². The van der Waals surface area contributed by atoms with Crippen molar-refractivity contribution in [1.29, 1.82) is 0 Å². The van der Waals surface area contributed by atoms with Gasteiger partial charge in [-0.15, -0.1) is 6.58 Å². The molecule has 0 bridgehead atoms. The number of carbonyl (C=O) groups is 1. The van der Waals surface area contributed by atoms with Gasteiger partial charge in [-0.1, -0.05) is 12.5 Å². The third-order valence-electron chi connectivity index (χ3n) is 2.45. The number of carbonyl (C=O) groups excluding carboxylic acids is 1. The van der Waals surface area contributed by atoms with E-state index in [4.69, 9.17) is 4.74 Å². The third kappa shape index (κ3) is 2.56. The second-order valence-electron chi connectivity index (χ2n) is 3.32. The van der Waals surface area contributed by atoms with Crippen LogP contribution in [0.4, 0.5) is 0 Å². The Kier molecular flexibility index (Phi) is 3.96. The van der Waals surface area contributed by atoms with Crippen molar-refractivity contribution in [2.24, 2.45) is 0 Å². The molecule has 1 unspecified atom stereocenters. The third-order valence-corrected chi connectivity index (χ3v) is 2.45. The first-order valence-electron chi connectivity index (χ1n) is 4.72. The molecule has 1 rings (SSSR count). The summed E-state index contributed by atoms with van der Waals surface area (Å²) in [6, 6.07) is -0.0447. The molecule has 0 N–H and O–H groups in total. The number of rotatable bonds is 3. The number of hydrogen-bond acceptors (Lipinski definition) is 3. The highest BCUT2D eigenvalue weighted by Gasteiger charge is 2.28. The second-order valence-corrected chi connectivity index (χ2v) is 3.32. The monoisotopic (exact) mass is 183 g/mol. The Morgan fingerprint density at radius 2 is 2.46 bits per heavy atom. The molecule has 3 nitrogen and oxygen atoms in total. The summed E-state index contributed by atoms with van der Waals surface area (Å²) < 4.78 is 4.75. The first-order valence-corrected chi connectivity index (χ1v) is 4.72. The number of piperidine rings is 1. The smallest absolute Gasteiger partial charge is 0.323 e. The molecular formula is C10H17NO2.